The average molecular weight is 814 g/mol. The Bertz CT molecular complexity index is 2330. The van der Waals surface area contributed by atoms with E-state index < -0.39 is 17.9 Å². The topological polar surface area (TPSA) is 167 Å². The van der Waals surface area contributed by atoms with Gasteiger partial charge in [0.1, 0.15) is 17.6 Å². The zero-order valence-electron chi connectivity index (χ0n) is 34.3. The molecule has 5 saturated heterocycles. The normalized spacial score (nSPS) is 22.5. The van der Waals surface area contributed by atoms with Gasteiger partial charge in [0, 0.05) is 81.8 Å². The lowest BCUT2D eigenvalue weighted by atomic mass is 9.87. The molecule has 14 nitrogen and oxygen atoms in total. The van der Waals surface area contributed by atoms with E-state index in [-0.39, 0.29) is 35.5 Å². The Morgan fingerprint density at radius 3 is 2.35 bits per heavy atom. The van der Waals surface area contributed by atoms with Gasteiger partial charge >= 0.3 is 0 Å². The van der Waals surface area contributed by atoms with Crippen molar-refractivity contribution >= 4 is 45.9 Å². The van der Waals surface area contributed by atoms with Gasteiger partial charge in [-0.2, -0.15) is 0 Å². The lowest BCUT2D eigenvalue weighted by Crippen LogP contribution is -2.48. The molecule has 7 heterocycles. The van der Waals surface area contributed by atoms with Crippen LogP contribution in [-0.4, -0.2) is 106 Å². The Morgan fingerprint density at radius 1 is 0.817 bits per heavy atom. The fourth-order valence-electron chi connectivity index (χ4n) is 10.3. The first kappa shape index (κ1) is 39.8. The third-order valence-corrected chi connectivity index (χ3v) is 13.7. The molecule has 314 valence electrons. The number of rotatable bonds is 10. The van der Waals surface area contributed by atoms with Crippen molar-refractivity contribution in [3.8, 4) is 0 Å². The van der Waals surface area contributed by atoms with Crippen LogP contribution in [0, 0.1) is 5.92 Å². The first-order valence-electron chi connectivity index (χ1n) is 21.9. The molecule has 1 unspecified atom stereocenters. The number of aromatic nitrogens is 3. The molecular weight excluding hydrogens is 759 g/mol. The Balaban J connectivity index is 0.756. The van der Waals surface area contributed by atoms with Crippen molar-refractivity contribution in [2.24, 2.45) is 11.7 Å². The quantitative estimate of drug-likeness (QED) is 0.222. The van der Waals surface area contributed by atoms with Crippen molar-refractivity contribution in [2.75, 3.05) is 62.2 Å². The maximum atomic E-state index is 13.3. The highest BCUT2D eigenvalue weighted by atomic mass is 16.2. The van der Waals surface area contributed by atoms with Crippen molar-refractivity contribution in [1.82, 2.24) is 29.7 Å². The number of carbonyl (C=O) groups excluding carboxylic acids is 4. The molecule has 4 amide bonds. The first-order chi connectivity index (χ1) is 29.2. The predicted octanol–water partition coefficient (Wildman–Crippen LogP) is 4.15. The van der Waals surface area contributed by atoms with Crippen molar-refractivity contribution in [3.05, 3.63) is 93.8 Å². The maximum absolute atomic E-state index is 13.3. The van der Waals surface area contributed by atoms with Crippen LogP contribution in [0.2, 0.25) is 0 Å². The van der Waals surface area contributed by atoms with Gasteiger partial charge in [0.25, 0.3) is 11.5 Å². The molecule has 5 aliphatic rings. The fraction of sp³-hybridized carbons (Fsp3) is 0.500. The highest BCUT2D eigenvalue weighted by molar-refractivity contribution is 5.99. The van der Waals surface area contributed by atoms with Crippen molar-refractivity contribution < 1.29 is 19.2 Å². The van der Waals surface area contributed by atoms with Gasteiger partial charge in [-0.3, -0.25) is 29.3 Å². The van der Waals surface area contributed by atoms with Crippen molar-refractivity contribution in [2.45, 2.75) is 88.6 Å². The number of hydrogen-bond acceptors (Lipinski definition) is 10. The Kier molecular flexibility index (Phi) is 11.4. The third kappa shape index (κ3) is 8.39. The average Bonchev–Trinajstić information content (AvgIpc) is 3.70. The molecule has 0 radical (unpaired) electrons. The summed E-state index contributed by atoms with van der Waals surface area (Å²) in [7, 11) is 0. The summed E-state index contributed by atoms with van der Waals surface area (Å²) in [6.07, 6.45) is 12.4. The minimum atomic E-state index is -0.665. The summed E-state index contributed by atoms with van der Waals surface area (Å²) >= 11 is 0. The van der Waals surface area contributed by atoms with E-state index in [4.69, 9.17) is 10.7 Å². The Hall–Kier alpha value is -5.63. The summed E-state index contributed by atoms with van der Waals surface area (Å²) in [5.41, 5.74) is 9.87. The van der Waals surface area contributed by atoms with Gasteiger partial charge in [0.15, 0.2) is 0 Å². The van der Waals surface area contributed by atoms with Gasteiger partial charge in [-0.15, -0.1) is 0 Å². The summed E-state index contributed by atoms with van der Waals surface area (Å²) in [6, 6.07) is 16.2. The molecule has 0 bridgehead atoms. The lowest BCUT2D eigenvalue weighted by Gasteiger charge is -2.38. The highest BCUT2D eigenvalue weighted by Gasteiger charge is 2.33. The molecular formula is C46H55N9O5. The number of nitrogens with two attached hydrogens (primary N) is 1. The van der Waals surface area contributed by atoms with Crippen LogP contribution in [0.5, 0.6) is 0 Å². The summed E-state index contributed by atoms with van der Waals surface area (Å²) < 4.78 is 1.46. The number of likely N-dealkylation sites (tertiary alicyclic amines) is 2. The Morgan fingerprint density at radius 2 is 1.62 bits per heavy atom. The lowest BCUT2D eigenvalue weighted by molar-refractivity contribution is -0.136. The number of carbonyl (C=O) groups is 4. The second-order valence-electron chi connectivity index (χ2n) is 17.5. The second kappa shape index (κ2) is 17.2. The number of imide groups is 1. The van der Waals surface area contributed by atoms with Crippen LogP contribution in [0.25, 0.3) is 10.8 Å². The molecule has 0 spiro atoms. The summed E-state index contributed by atoms with van der Waals surface area (Å²) in [6.45, 7) is 7.63. The largest absolute Gasteiger partial charge is 0.371 e. The van der Waals surface area contributed by atoms with E-state index in [2.05, 4.69) is 55.3 Å². The zero-order chi connectivity index (χ0) is 41.3. The van der Waals surface area contributed by atoms with Crippen LogP contribution in [0.1, 0.15) is 103 Å². The van der Waals surface area contributed by atoms with E-state index in [1.54, 1.807) is 12.4 Å². The number of benzene rings is 2. The van der Waals surface area contributed by atoms with Crippen LogP contribution < -0.4 is 26.4 Å². The first-order valence-corrected chi connectivity index (χ1v) is 21.9. The molecule has 0 saturated carbocycles. The molecule has 5 fully saturated rings. The number of pyridine rings is 1. The smallest absolute Gasteiger partial charge is 0.269 e. The number of primary amides is 1. The van der Waals surface area contributed by atoms with Gasteiger partial charge in [-0.05, 0) is 117 Å². The van der Waals surface area contributed by atoms with Gasteiger partial charge < -0.3 is 29.9 Å². The molecule has 60 heavy (non-hydrogen) atoms. The van der Waals surface area contributed by atoms with Crippen molar-refractivity contribution in [1.29, 1.82) is 0 Å². The van der Waals surface area contributed by atoms with Crippen LogP contribution in [0.4, 0.5) is 11.5 Å². The van der Waals surface area contributed by atoms with Crippen LogP contribution in [0.3, 0.4) is 0 Å². The standard InChI is InChI=1S/C46H55N9O5/c47-44(58)43-38(49-40(27-48-43)53-18-1-3-36(29-53)54-19-2-4-42(54)57)25-30-5-7-32(8-6-30)33-15-20-51(21-16-33)28-31-13-22-52(23-14-31)35-9-10-37-34(26-35)17-24-55(46(37)60)39-11-12-41(56)50-45(39)59/h5-10,17,24,26-27,31,33,36,39H,1-4,11-16,18-23,25,28-29H2,(H2,47,58)(H,50,56,59)/t36-,39?/m0/s1. The maximum Gasteiger partial charge on any atom is 0.269 e. The Labute approximate surface area is 350 Å². The van der Waals surface area contributed by atoms with Crippen LogP contribution in [0.15, 0.2) is 65.7 Å². The summed E-state index contributed by atoms with van der Waals surface area (Å²) in [5.74, 6) is 0.842. The number of fused-ring (bicyclic) bond motifs is 1. The minimum absolute atomic E-state index is 0.180. The highest BCUT2D eigenvalue weighted by Crippen LogP contribution is 2.32. The molecule has 0 aliphatic carbocycles. The van der Waals surface area contributed by atoms with E-state index in [1.165, 1.54) is 10.1 Å². The van der Waals surface area contributed by atoms with E-state index in [0.717, 1.165) is 120 Å². The molecule has 2 atom stereocenters. The second-order valence-corrected chi connectivity index (χ2v) is 17.5. The molecule has 2 aromatic carbocycles. The number of anilines is 2. The van der Waals surface area contributed by atoms with Crippen LogP contribution >= 0.6 is 0 Å². The third-order valence-electron chi connectivity index (χ3n) is 13.7. The number of hydrogen-bond donors (Lipinski definition) is 2. The zero-order valence-corrected chi connectivity index (χ0v) is 34.3. The number of amides is 4. The molecule has 2 aromatic heterocycles. The molecule has 4 aromatic rings. The van der Waals surface area contributed by atoms with Gasteiger partial charge in [0.2, 0.25) is 17.7 Å². The van der Waals surface area contributed by atoms with Crippen molar-refractivity contribution in [3.63, 3.8) is 0 Å². The number of nitrogens with one attached hydrogen (secondary N) is 1. The van der Waals surface area contributed by atoms with Gasteiger partial charge in [-0.25, -0.2) is 9.97 Å². The van der Waals surface area contributed by atoms with Gasteiger partial charge in [-0.1, -0.05) is 24.3 Å². The fourth-order valence-corrected chi connectivity index (χ4v) is 10.3. The number of nitrogens with zero attached hydrogens (tertiary/aromatic N) is 7. The van der Waals surface area contributed by atoms with E-state index >= 15 is 0 Å². The van der Waals surface area contributed by atoms with E-state index in [1.807, 2.05) is 23.1 Å². The molecule has 9 rings (SSSR count). The summed E-state index contributed by atoms with van der Waals surface area (Å²) in [5, 5.41) is 3.79. The van der Waals surface area contributed by atoms with Gasteiger partial charge in [0.05, 0.1) is 11.9 Å². The molecule has 14 heteroatoms. The predicted molar refractivity (Wildman–Crippen MR) is 229 cm³/mol. The summed E-state index contributed by atoms with van der Waals surface area (Å²) in [4.78, 5) is 80.9. The SMILES string of the molecule is NC(=O)c1ncc(N2CCC[C@H](N3CCCC3=O)C2)nc1Cc1ccc(C2CCN(CC3CCN(c4ccc5c(=O)n(C6CCC(=O)NC6=O)ccc5c4)CC3)CC2)cc1. The van der Waals surface area contributed by atoms with Crippen LogP contribution in [-0.2, 0) is 20.8 Å². The van der Waals surface area contributed by atoms with E-state index in [9.17, 15) is 24.0 Å². The minimum Gasteiger partial charge on any atom is -0.371 e. The monoisotopic (exact) mass is 813 g/mol. The van der Waals surface area contributed by atoms with E-state index in [0.29, 0.717) is 42.2 Å². The molecule has 5 aliphatic heterocycles. The molecule has 3 N–H and O–H groups in total. The number of piperidine rings is 4.